The third-order valence-corrected chi connectivity index (χ3v) is 1.31. The third-order valence-electron chi connectivity index (χ3n) is 1.31. The van der Waals surface area contributed by atoms with Gasteiger partial charge in [-0.3, -0.25) is 9.79 Å². The number of aliphatic imine (C=N–C) groups is 1. The van der Waals surface area contributed by atoms with Crippen LogP contribution in [-0.4, -0.2) is 18.5 Å². The lowest BCUT2D eigenvalue weighted by molar-refractivity contribution is -0.104. The minimum Gasteiger partial charge on any atom is -0.404 e. The number of carbonyl (C=O) groups is 1. The molecule has 0 amide bonds. The number of nitrogens with zero attached hydrogens (tertiary/aromatic N) is 1. The zero-order valence-electron chi connectivity index (χ0n) is 5.66. The highest BCUT2D eigenvalue weighted by molar-refractivity contribution is 6.01. The topological polar surface area (TPSA) is 55.5 Å². The van der Waals surface area contributed by atoms with Gasteiger partial charge in [-0.1, -0.05) is 0 Å². The minimum absolute atomic E-state index is 0.451. The Morgan fingerprint density at radius 3 is 2.70 bits per heavy atom. The first-order valence-corrected chi connectivity index (χ1v) is 3.27. The van der Waals surface area contributed by atoms with Crippen LogP contribution in [0.1, 0.15) is 12.8 Å². The first-order valence-electron chi connectivity index (χ1n) is 3.27. The molecule has 3 nitrogen and oxygen atoms in total. The zero-order valence-corrected chi connectivity index (χ0v) is 5.66. The van der Waals surface area contributed by atoms with Crippen LogP contribution in [0.5, 0.6) is 0 Å². The molecule has 1 aliphatic carbocycles. The van der Waals surface area contributed by atoms with Gasteiger partial charge in [-0.05, 0) is 12.8 Å². The number of carbonyl (C=O) groups excluding carboxylic acids is 1. The minimum atomic E-state index is 0.451. The van der Waals surface area contributed by atoms with Gasteiger partial charge in [-0.15, -0.1) is 0 Å². The molecule has 0 heterocycles. The summed E-state index contributed by atoms with van der Waals surface area (Å²) in [5, 5.41) is 0. The van der Waals surface area contributed by atoms with Crippen molar-refractivity contribution in [2.45, 2.75) is 18.9 Å². The van der Waals surface area contributed by atoms with Crippen LogP contribution in [-0.2, 0) is 4.79 Å². The summed E-state index contributed by atoms with van der Waals surface area (Å²) in [6, 6.07) is 0.454. The first-order chi connectivity index (χ1) is 4.86. The summed E-state index contributed by atoms with van der Waals surface area (Å²) in [7, 11) is 0. The van der Waals surface area contributed by atoms with Crippen molar-refractivity contribution in [3.63, 3.8) is 0 Å². The number of allylic oxidation sites excluding steroid dienone is 1. The molecule has 54 valence electrons. The fourth-order valence-electron chi connectivity index (χ4n) is 0.528. The maximum absolute atomic E-state index is 10.1. The Labute approximate surface area is 59.6 Å². The van der Waals surface area contributed by atoms with E-state index >= 15 is 0 Å². The van der Waals surface area contributed by atoms with Crippen molar-refractivity contribution in [1.82, 2.24) is 0 Å². The molecule has 0 aliphatic heterocycles. The summed E-state index contributed by atoms with van der Waals surface area (Å²) in [6.45, 7) is 0. The van der Waals surface area contributed by atoms with Crippen molar-refractivity contribution in [3.05, 3.63) is 11.8 Å². The molecule has 0 aromatic heterocycles. The second kappa shape index (κ2) is 3.15. The fourth-order valence-corrected chi connectivity index (χ4v) is 0.528. The molecule has 0 radical (unpaired) electrons. The van der Waals surface area contributed by atoms with Crippen molar-refractivity contribution in [2.75, 3.05) is 0 Å². The van der Waals surface area contributed by atoms with E-state index in [9.17, 15) is 4.79 Å². The number of nitrogens with two attached hydrogens (primary N) is 1. The molecule has 0 atom stereocenters. The Bertz CT molecular complexity index is 180. The summed E-state index contributed by atoms with van der Waals surface area (Å²) >= 11 is 0. The van der Waals surface area contributed by atoms with Crippen molar-refractivity contribution in [1.29, 1.82) is 0 Å². The molecule has 1 saturated carbocycles. The SMILES string of the molecule is N/C=C(/C=O)C=NC1CC1. The number of hydrogen-bond donors (Lipinski definition) is 1. The van der Waals surface area contributed by atoms with E-state index in [1.165, 1.54) is 12.4 Å². The highest BCUT2D eigenvalue weighted by atomic mass is 16.1. The summed E-state index contributed by atoms with van der Waals surface area (Å²) in [6.07, 6.45) is 5.79. The van der Waals surface area contributed by atoms with E-state index in [-0.39, 0.29) is 0 Å². The van der Waals surface area contributed by atoms with Gasteiger partial charge in [0, 0.05) is 18.0 Å². The van der Waals surface area contributed by atoms with Crippen LogP contribution in [0.15, 0.2) is 16.8 Å². The van der Waals surface area contributed by atoms with E-state index in [1.807, 2.05) is 0 Å². The molecule has 10 heavy (non-hydrogen) atoms. The largest absolute Gasteiger partial charge is 0.404 e. The number of aldehydes is 1. The van der Waals surface area contributed by atoms with E-state index < -0.39 is 0 Å². The van der Waals surface area contributed by atoms with Crippen LogP contribution in [0.25, 0.3) is 0 Å². The van der Waals surface area contributed by atoms with Gasteiger partial charge >= 0.3 is 0 Å². The molecule has 1 fully saturated rings. The summed E-state index contributed by atoms with van der Waals surface area (Å²) in [4.78, 5) is 14.2. The summed E-state index contributed by atoms with van der Waals surface area (Å²) in [5.74, 6) is 0. The van der Waals surface area contributed by atoms with Crippen LogP contribution in [0.2, 0.25) is 0 Å². The lowest BCUT2D eigenvalue weighted by atomic mass is 10.3. The van der Waals surface area contributed by atoms with Crippen LogP contribution in [0, 0.1) is 0 Å². The van der Waals surface area contributed by atoms with Gasteiger partial charge in [-0.25, -0.2) is 0 Å². The summed E-state index contributed by atoms with van der Waals surface area (Å²) < 4.78 is 0. The van der Waals surface area contributed by atoms with Crippen LogP contribution in [0.3, 0.4) is 0 Å². The van der Waals surface area contributed by atoms with Crippen molar-refractivity contribution in [3.8, 4) is 0 Å². The Morgan fingerprint density at radius 1 is 1.60 bits per heavy atom. The Hall–Kier alpha value is -1.12. The van der Waals surface area contributed by atoms with Crippen molar-refractivity contribution < 1.29 is 4.79 Å². The molecule has 0 saturated heterocycles. The molecule has 1 aliphatic rings. The molecule has 0 spiro atoms. The van der Waals surface area contributed by atoms with E-state index in [1.54, 1.807) is 0 Å². The van der Waals surface area contributed by atoms with E-state index in [0.717, 1.165) is 12.8 Å². The average molecular weight is 138 g/mol. The van der Waals surface area contributed by atoms with Gasteiger partial charge < -0.3 is 5.73 Å². The monoisotopic (exact) mass is 138 g/mol. The molecule has 0 bridgehead atoms. The van der Waals surface area contributed by atoms with Crippen LogP contribution < -0.4 is 5.73 Å². The van der Waals surface area contributed by atoms with E-state index in [0.29, 0.717) is 17.9 Å². The standard InChI is InChI=1S/C7H10N2O/c8-3-6(5-10)4-9-7-1-2-7/h3-5,7H,1-2,8H2/b6-3+,9-4?. The molecular weight excluding hydrogens is 128 g/mol. The number of rotatable bonds is 3. The molecule has 2 N–H and O–H groups in total. The molecule has 0 aromatic rings. The van der Waals surface area contributed by atoms with E-state index in [4.69, 9.17) is 5.73 Å². The Morgan fingerprint density at radius 2 is 2.30 bits per heavy atom. The smallest absolute Gasteiger partial charge is 0.153 e. The van der Waals surface area contributed by atoms with E-state index in [2.05, 4.69) is 4.99 Å². The Balaban J connectivity index is 2.39. The van der Waals surface area contributed by atoms with Gasteiger partial charge in [0.1, 0.15) is 0 Å². The van der Waals surface area contributed by atoms with Gasteiger partial charge in [0.05, 0.1) is 6.04 Å². The Kier molecular flexibility index (Phi) is 2.20. The first kappa shape index (κ1) is 6.99. The molecule has 0 aromatic carbocycles. The highest BCUT2D eigenvalue weighted by Crippen LogP contribution is 2.22. The van der Waals surface area contributed by atoms with Crippen molar-refractivity contribution in [2.24, 2.45) is 10.7 Å². The predicted octanol–water partition coefficient (Wildman–Crippen LogP) is 0.261. The normalized spacial score (nSPS) is 19.8. The zero-order chi connectivity index (χ0) is 7.40. The maximum Gasteiger partial charge on any atom is 0.153 e. The average Bonchev–Trinajstić information content (AvgIpc) is 2.74. The summed E-state index contributed by atoms with van der Waals surface area (Å²) in [5.41, 5.74) is 5.56. The quantitative estimate of drug-likeness (QED) is 0.345. The third kappa shape index (κ3) is 2.01. The number of hydrogen-bond acceptors (Lipinski definition) is 3. The highest BCUT2D eigenvalue weighted by Gasteiger charge is 2.18. The fraction of sp³-hybridized carbons (Fsp3) is 0.429. The molecule has 1 rings (SSSR count). The second-order valence-electron chi connectivity index (χ2n) is 2.29. The molecule has 3 heteroatoms. The molecular formula is C7H10N2O. The van der Waals surface area contributed by atoms with Gasteiger partial charge in [0.25, 0.3) is 0 Å². The van der Waals surface area contributed by atoms with Gasteiger partial charge in [0.15, 0.2) is 6.29 Å². The lowest BCUT2D eigenvalue weighted by Crippen LogP contribution is -1.92. The van der Waals surface area contributed by atoms with Crippen LogP contribution >= 0.6 is 0 Å². The lowest BCUT2D eigenvalue weighted by Gasteiger charge is -1.84. The predicted molar refractivity (Wildman–Crippen MR) is 39.8 cm³/mol. The maximum atomic E-state index is 10.1. The molecule has 0 unspecified atom stereocenters. The second-order valence-corrected chi connectivity index (χ2v) is 2.29. The van der Waals surface area contributed by atoms with Gasteiger partial charge in [0.2, 0.25) is 0 Å². The van der Waals surface area contributed by atoms with Crippen LogP contribution in [0.4, 0.5) is 0 Å². The van der Waals surface area contributed by atoms with Gasteiger partial charge in [-0.2, -0.15) is 0 Å². The van der Waals surface area contributed by atoms with Crippen molar-refractivity contribution >= 4 is 12.5 Å².